The smallest absolute Gasteiger partial charge is 0.221 e. The maximum absolute atomic E-state index is 12.2. The van der Waals surface area contributed by atoms with Crippen molar-refractivity contribution in [2.75, 3.05) is 18.8 Å². The van der Waals surface area contributed by atoms with Crippen LogP contribution in [0.3, 0.4) is 0 Å². The number of nitrogens with zero attached hydrogens (tertiary/aromatic N) is 2. The van der Waals surface area contributed by atoms with E-state index >= 15 is 0 Å². The molecule has 2 aliphatic heterocycles. The molecule has 0 saturated carbocycles. The van der Waals surface area contributed by atoms with E-state index in [1.54, 1.807) is 16.7 Å². The van der Waals surface area contributed by atoms with E-state index in [2.05, 4.69) is 10.3 Å². The molecular formula is C16H23N3O3S. The van der Waals surface area contributed by atoms with Crippen LogP contribution in [0.1, 0.15) is 44.1 Å². The first-order chi connectivity index (χ1) is 11.0. The summed E-state index contributed by atoms with van der Waals surface area (Å²) in [4.78, 5) is 16.1. The van der Waals surface area contributed by atoms with E-state index in [-0.39, 0.29) is 23.1 Å². The van der Waals surface area contributed by atoms with Crippen LogP contribution in [-0.4, -0.2) is 48.0 Å². The lowest BCUT2D eigenvalue weighted by Crippen LogP contribution is -2.54. The van der Waals surface area contributed by atoms with Gasteiger partial charge in [0.15, 0.2) is 0 Å². The van der Waals surface area contributed by atoms with Gasteiger partial charge in [0.05, 0.1) is 5.75 Å². The Morgan fingerprint density at radius 1 is 1.30 bits per heavy atom. The van der Waals surface area contributed by atoms with Gasteiger partial charge in [0, 0.05) is 43.4 Å². The fraction of sp³-hybridized carbons (Fsp3) is 0.625. The van der Waals surface area contributed by atoms with Crippen LogP contribution < -0.4 is 5.32 Å². The summed E-state index contributed by atoms with van der Waals surface area (Å²) in [5, 5.41) is 3.14. The van der Waals surface area contributed by atoms with E-state index in [4.69, 9.17) is 0 Å². The summed E-state index contributed by atoms with van der Waals surface area (Å²) >= 11 is 0. The zero-order valence-electron chi connectivity index (χ0n) is 13.4. The Balaban J connectivity index is 1.79. The normalized spacial score (nSPS) is 24.7. The average molecular weight is 337 g/mol. The molecule has 1 atom stereocenters. The molecular weight excluding hydrogens is 314 g/mol. The van der Waals surface area contributed by atoms with Crippen molar-refractivity contribution in [2.24, 2.45) is 0 Å². The molecule has 2 fully saturated rings. The van der Waals surface area contributed by atoms with Crippen LogP contribution in [0.25, 0.3) is 0 Å². The summed E-state index contributed by atoms with van der Waals surface area (Å²) < 4.78 is 26.0. The number of aromatic nitrogens is 1. The average Bonchev–Trinajstić information content (AvgIpc) is 2.84. The number of hydrogen-bond acceptors (Lipinski definition) is 4. The lowest BCUT2D eigenvalue weighted by Gasteiger charge is -2.42. The highest BCUT2D eigenvalue weighted by Gasteiger charge is 2.49. The number of rotatable bonds is 4. The van der Waals surface area contributed by atoms with Gasteiger partial charge in [-0.15, -0.1) is 0 Å². The Morgan fingerprint density at radius 3 is 2.57 bits per heavy atom. The number of nitrogens with one attached hydrogen (secondary N) is 1. The Bertz CT molecular complexity index is 667. The van der Waals surface area contributed by atoms with Gasteiger partial charge < -0.3 is 5.32 Å². The van der Waals surface area contributed by atoms with Crippen molar-refractivity contribution in [3.05, 3.63) is 30.1 Å². The van der Waals surface area contributed by atoms with Crippen LogP contribution in [0.4, 0.5) is 0 Å². The summed E-state index contributed by atoms with van der Waals surface area (Å²) in [6, 6.07) is 3.90. The molecule has 6 nitrogen and oxygen atoms in total. The molecule has 1 unspecified atom stereocenters. The SMILES string of the molecule is CCCS(=O)(=O)N1CCC2(CC1)NC(=O)CC2c1ccncc1. The second kappa shape index (κ2) is 6.20. The third-order valence-electron chi connectivity index (χ3n) is 5.02. The van der Waals surface area contributed by atoms with E-state index in [0.29, 0.717) is 38.8 Å². The van der Waals surface area contributed by atoms with Crippen molar-refractivity contribution in [1.82, 2.24) is 14.6 Å². The summed E-state index contributed by atoms with van der Waals surface area (Å²) in [5.41, 5.74) is 0.777. The first kappa shape index (κ1) is 16.4. The van der Waals surface area contributed by atoms with Crippen LogP contribution in [0.15, 0.2) is 24.5 Å². The van der Waals surface area contributed by atoms with E-state index in [9.17, 15) is 13.2 Å². The highest BCUT2D eigenvalue weighted by Crippen LogP contribution is 2.43. The van der Waals surface area contributed by atoms with Gasteiger partial charge in [-0.25, -0.2) is 12.7 Å². The molecule has 1 spiro atoms. The maximum Gasteiger partial charge on any atom is 0.221 e. The largest absolute Gasteiger partial charge is 0.350 e. The van der Waals surface area contributed by atoms with Gasteiger partial charge in [-0.2, -0.15) is 0 Å². The predicted octanol–water partition coefficient (Wildman–Crippen LogP) is 1.26. The fourth-order valence-electron chi connectivity index (χ4n) is 3.85. The molecule has 0 bridgehead atoms. The summed E-state index contributed by atoms with van der Waals surface area (Å²) in [7, 11) is -3.16. The van der Waals surface area contributed by atoms with Gasteiger partial charge in [-0.05, 0) is 37.0 Å². The zero-order chi connectivity index (χ0) is 16.5. The highest BCUT2D eigenvalue weighted by molar-refractivity contribution is 7.89. The molecule has 1 N–H and O–H groups in total. The van der Waals surface area contributed by atoms with Gasteiger partial charge in [0.25, 0.3) is 0 Å². The quantitative estimate of drug-likeness (QED) is 0.897. The molecule has 7 heteroatoms. The minimum atomic E-state index is -3.16. The Labute approximate surface area is 137 Å². The van der Waals surface area contributed by atoms with Gasteiger partial charge in [0.1, 0.15) is 0 Å². The maximum atomic E-state index is 12.2. The van der Waals surface area contributed by atoms with Gasteiger partial charge in [-0.1, -0.05) is 6.92 Å². The first-order valence-electron chi connectivity index (χ1n) is 8.15. The van der Waals surface area contributed by atoms with Crippen LogP contribution in [0, 0.1) is 0 Å². The third-order valence-corrected chi connectivity index (χ3v) is 7.10. The molecule has 0 aliphatic carbocycles. The van der Waals surface area contributed by atoms with Crippen molar-refractivity contribution in [3.63, 3.8) is 0 Å². The van der Waals surface area contributed by atoms with Crippen LogP contribution in [0.2, 0.25) is 0 Å². The molecule has 2 aliphatic rings. The number of hydrogen-bond donors (Lipinski definition) is 1. The Morgan fingerprint density at radius 2 is 1.96 bits per heavy atom. The van der Waals surface area contributed by atoms with Crippen molar-refractivity contribution in [1.29, 1.82) is 0 Å². The van der Waals surface area contributed by atoms with Gasteiger partial charge in [-0.3, -0.25) is 9.78 Å². The van der Waals surface area contributed by atoms with E-state index in [1.807, 2.05) is 19.1 Å². The van der Waals surface area contributed by atoms with Crippen molar-refractivity contribution in [3.8, 4) is 0 Å². The first-order valence-corrected chi connectivity index (χ1v) is 9.76. The van der Waals surface area contributed by atoms with Crippen molar-refractivity contribution < 1.29 is 13.2 Å². The predicted molar refractivity (Wildman–Crippen MR) is 87.4 cm³/mol. The molecule has 0 radical (unpaired) electrons. The fourth-order valence-corrected chi connectivity index (χ4v) is 5.37. The summed E-state index contributed by atoms with van der Waals surface area (Å²) in [6.07, 6.45) is 5.90. The Hall–Kier alpha value is -1.47. The van der Waals surface area contributed by atoms with E-state index in [0.717, 1.165) is 5.56 Å². The molecule has 3 rings (SSSR count). The van der Waals surface area contributed by atoms with E-state index in [1.165, 1.54) is 0 Å². The topological polar surface area (TPSA) is 79.4 Å². The third kappa shape index (κ3) is 3.12. The van der Waals surface area contributed by atoms with Gasteiger partial charge >= 0.3 is 0 Å². The Kier molecular flexibility index (Phi) is 4.42. The molecule has 126 valence electrons. The van der Waals surface area contributed by atoms with E-state index < -0.39 is 10.0 Å². The van der Waals surface area contributed by atoms with Crippen molar-refractivity contribution in [2.45, 2.75) is 44.1 Å². The standard InChI is InChI=1S/C16H23N3O3S/c1-2-11-23(21,22)19-9-5-16(6-10-19)14(12-15(20)18-16)13-3-7-17-8-4-13/h3-4,7-8,14H,2,5-6,9-12H2,1H3,(H,18,20). The second-order valence-corrected chi connectivity index (χ2v) is 8.55. The molecule has 1 amide bonds. The summed E-state index contributed by atoms with van der Waals surface area (Å²) in [5.74, 6) is 0.339. The number of carbonyl (C=O) groups is 1. The number of sulfonamides is 1. The molecule has 1 aromatic rings. The molecule has 23 heavy (non-hydrogen) atoms. The molecule has 3 heterocycles. The lowest BCUT2D eigenvalue weighted by molar-refractivity contribution is -0.120. The highest BCUT2D eigenvalue weighted by atomic mass is 32.2. The van der Waals surface area contributed by atoms with Crippen LogP contribution in [-0.2, 0) is 14.8 Å². The molecule has 0 aromatic carbocycles. The molecule has 1 aromatic heterocycles. The minimum Gasteiger partial charge on any atom is -0.350 e. The monoisotopic (exact) mass is 337 g/mol. The second-order valence-electron chi connectivity index (χ2n) is 6.46. The number of carbonyl (C=O) groups excluding carboxylic acids is 1. The van der Waals surface area contributed by atoms with Crippen LogP contribution in [0.5, 0.6) is 0 Å². The van der Waals surface area contributed by atoms with Crippen LogP contribution >= 0.6 is 0 Å². The lowest BCUT2D eigenvalue weighted by atomic mass is 9.75. The zero-order valence-corrected chi connectivity index (χ0v) is 14.2. The minimum absolute atomic E-state index is 0.0525. The van der Waals surface area contributed by atoms with Gasteiger partial charge in [0.2, 0.25) is 15.9 Å². The number of pyridine rings is 1. The number of amides is 1. The molecule has 2 saturated heterocycles. The van der Waals surface area contributed by atoms with Crippen molar-refractivity contribution >= 4 is 15.9 Å². The number of piperidine rings is 1. The summed E-state index contributed by atoms with van der Waals surface area (Å²) in [6.45, 7) is 2.83.